The van der Waals surface area contributed by atoms with Gasteiger partial charge in [-0.05, 0) is 44.1 Å². The lowest BCUT2D eigenvalue weighted by Gasteiger charge is -2.27. The minimum atomic E-state index is 0.759. The molecule has 0 amide bonds. The van der Waals surface area contributed by atoms with Crippen LogP contribution in [0.4, 0.5) is 0 Å². The molecule has 1 aliphatic carbocycles. The summed E-state index contributed by atoms with van der Waals surface area (Å²) in [6.07, 6.45) is 8.37. The molecule has 14 heavy (non-hydrogen) atoms. The van der Waals surface area contributed by atoms with E-state index in [1.165, 1.54) is 45.1 Å². The first-order valence-electron chi connectivity index (χ1n) is 6.49. The van der Waals surface area contributed by atoms with Crippen LogP contribution in [0.1, 0.15) is 59.3 Å². The average Bonchev–Trinajstić information content (AvgIpc) is 2.22. The third kappa shape index (κ3) is 4.00. The molecule has 0 aromatic rings. The van der Waals surface area contributed by atoms with Crippen molar-refractivity contribution in [3.63, 3.8) is 0 Å². The maximum Gasteiger partial charge on any atom is 0.00619 e. The molecule has 0 unspecified atom stereocenters. The first-order chi connectivity index (χ1) is 6.76. The van der Waals surface area contributed by atoms with Crippen LogP contribution in [-0.2, 0) is 0 Å². The average molecular weight is 197 g/mol. The quantitative estimate of drug-likeness (QED) is 0.710. The highest BCUT2D eigenvalue weighted by atomic mass is 14.9. The van der Waals surface area contributed by atoms with Crippen molar-refractivity contribution in [3.05, 3.63) is 0 Å². The highest BCUT2D eigenvalue weighted by Crippen LogP contribution is 2.27. The Balaban J connectivity index is 2.12. The van der Waals surface area contributed by atoms with E-state index < -0.39 is 0 Å². The Hall–Kier alpha value is -0.0400. The Morgan fingerprint density at radius 3 is 2.14 bits per heavy atom. The summed E-state index contributed by atoms with van der Waals surface area (Å²) in [4.78, 5) is 0. The summed E-state index contributed by atoms with van der Waals surface area (Å²) in [5.41, 5.74) is 0. The molecule has 1 fully saturated rings. The molecule has 0 spiro atoms. The number of hydrogen-bond donors (Lipinski definition) is 1. The highest BCUT2D eigenvalue weighted by molar-refractivity contribution is 4.73. The second-order valence-electron chi connectivity index (χ2n) is 5.05. The van der Waals surface area contributed by atoms with Crippen LogP contribution in [0, 0.1) is 11.8 Å². The summed E-state index contributed by atoms with van der Waals surface area (Å²) in [7, 11) is 0. The fraction of sp³-hybridized carbons (Fsp3) is 1.00. The lowest BCUT2D eigenvalue weighted by molar-refractivity contribution is 0.272. The zero-order valence-electron chi connectivity index (χ0n) is 10.2. The van der Waals surface area contributed by atoms with E-state index in [1.807, 2.05) is 0 Å². The van der Waals surface area contributed by atoms with Crippen molar-refractivity contribution >= 4 is 0 Å². The van der Waals surface area contributed by atoms with Gasteiger partial charge in [0, 0.05) is 6.04 Å². The van der Waals surface area contributed by atoms with E-state index in [0.29, 0.717) is 0 Å². The van der Waals surface area contributed by atoms with Crippen molar-refractivity contribution in [2.75, 3.05) is 6.54 Å². The zero-order chi connectivity index (χ0) is 10.4. The third-order valence-electron chi connectivity index (χ3n) is 3.82. The molecule has 1 aliphatic rings. The SMILES string of the molecule is CCC(CC)NCC1CCC(C)CC1. The van der Waals surface area contributed by atoms with E-state index in [-0.39, 0.29) is 0 Å². The van der Waals surface area contributed by atoms with Crippen LogP contribution in [0.3, 0.4) is 0 Å². The predicted octanol–water partition coefficient (Wildman–Crippen LogP) is 3.59. The van der Waals surface area contributed by atoms with Gasteiger partial charge in [0.2, 0.25) is 0 Å². The second kappa shape index (κ2) is 6.44. The van der Waals surface area contributed by atoms with Crippen molar-refractivity contribution in [1.82, 2.24) is 5.32 Å². The zero-order valence-corrected chi connectivity index (χ0v) is 10.2. The Kier molecular flexibility index (Phi) is 5.54. The van der Waals surface area contributed by atoms with Gasteiger partial charge in [0.25, 0.3) is 0 Å². The molecule has 0 bridgehead atoms. The van der Waals surface area contributed by atoms with Gasteiger partial charge in [0.1, 0.15) is 0 Å². The lowest BCUT2D eigenvalue weighted by Crippen LogP contribution is -2.33. The second-order valence-corrected chi connectivity index (χ2v) is 5.05. The Morgan fingerprint density at radius 1 is 1.07 bits per heavy atom. The molecule has 0 saturated heterocycles. The van der Waals surface area contributed by atoms with E-state index in [4.69, 9.17) is 0 Å². The summed E-state index contributed by atoms with van der Waals surface area (Å²) in [5.74, 6) is 1.95. The van der Waals surface area contributed by atoms with Crippen LogP contribution in [0.15, 0.2) is 0 Å². The molecule has 1 rings (SSSR count). The van der Waals surface area contributed by atoms with Crippen LogP contribution in [0.25, 0.3) is 0 Å². The van der Waals surface area contributed by atoms with E-state index >= 15 is 0 Å². The molecule has 84 valence electrons. The molecule has 1 saturated carbocycles. The number of hydrogen-bond acceptors (Lipinski definition) is 1. The van der Waals surface area contributed by atoms with Gasteiger partial charge < -0.3 is 5.32 Å². The maximum absolute atomic E-state index is 3.70. The van der Waals surface area contributed by atoms with Crippen LogP contribution in [-0.4, -0.2) is 12.6 Å². The van der Waals surface area contributed by atoms with Crippen molar-refractivity contribution in [1.29, 1.82) is 0 Å². The fourth-order valence-corrected chi connectivity index (χ4v) is 2.44. The lowest BCUT2D eigenvalue weighted by atomic mass is 9.83. The first-order valence-corrected chi connectivity index (χ1v) is 6.49. The first kappa shape index (κ1) is 12.0. The van der Waals surface area contributed by atoms with Crippen molar-refractivity contribution in [3.8, 4) is 0 Å². The number of nitrogens with one attached hydrogen (secondary N) is 1. The van der Waals surface area contributed by atoms with Crippen LogP contribution in [0.5, 0.6) is 0 Å². The van der Waals surface area contributed by atoms with Gasteiger partial charge in [0.05, 0.1) is 0 Å². The van der Waals surface area contributed by atoms with Crippen LogP contribution < -0.4 is 5.32 Å². The van der Waals surface area contributed by atoms with Crippen LogP contribution >= 0.6 is 0 Å². The Bertz CT molecular complexity index is 132. The maximum atomic E-state index is 3.70. The summed E-state index contributed by atoms with van der Waals surface area (Å²) in [6.45, 7) is 8.22. The molecule has 1 heteroatoms. The van der Waals surface area contributed by atoms with E-state index in [0.717, 1.165) is 17.9 Å². The summed E-state index contributed by atoms with van der Waals surface area (Å²) >= 11 is 0. The highest BCUT2D eigenvalue weighted by Gasteiger charge is 2.18. The standard InChI is InChI=1S/C13H27N/c1-4-13(5-2)14-10-12-8-6-11(3)7-9-12/h11-14H,4-10H2,1-3H3. The predicted molar refractivity (Wildman–Crippen MR) is 63.5 cm³/mol. The molecule has 1 N–H and O–H groups in total. The Morgan fingerprint density at radius 2 is 1.64 bits per heavy atom. The van der Waals surface area contributed by atoms with Gasteiger partial charge in [-0.3, -0.25) is 0 Å². The molecular formula is C13H27N. The van der Waals surface area contributed by atoms with Crippen molar-refractivity contribution in [2.24, 2.45) is 11.8 Å². The third-order valence-corrected chi connectivity index (χ3v) is 3.82. The summed E-state index contributed by atoms with van der Waals surface area (Å²) < 4.78 is 0. The fourth-order valence-electron chi connectivity index (χ4n) is 2.44. The van der Waals surface area contributed by atoms with Gasteiger partial charge in [-0.2, -0.15) is 0 Å². The van der Waals surface area contributed by atoms with E-state index in [2.05, 4.69) is 26.1 Å². The minimum absolute atomic E-state index is 0.759. The van der Waals surface area contributed by atoms with Gasteiger partial charge >= 0.3 is 0 Å². The van der Waals surface area contributed by atoms with Gasteiger partial charge in [0.15, 0.2) is 0 Å². The normalized spacial score (nSPS) is 28.3. The van der Waals surface area contributed by atoms with Gasteiger partial charge in [-0.25, -0.2) is 0 Å². The largest absolute Gasteiger partial charge is 0.314 e. The topological polar surface area (TPSA) is 12.0 Å². The monoisotopic (exact) mass is 197 g/mol. The molecule has 1 nitrogen and oxygen atoms in total. The van der Waals surface area contributed by atoms with Crippen LogP contribution in [0.2, 0.25) is 0 Å². The van der Waals surface area contributed by atoms with Gasteiger partial charge in [-0.15, -0.1) is 0 Å². The molecule has 0 radical (unpaired) electrons. The molecule has 0 aliphatic heterocycles. The van der Waals surface area contributed by atoms with E-state index in [1.54, 1.807) is 0 Å². The van der Waals surface area contributed by atoms with Crippen molar-refractivity contribution in [2.45, 2.75) is 65.3 Å². The molecule has 0 aromatic heterocycles. The summed E-state index contributed by atoms with van der Waals surface area (Å²) in [5, 5.41) is 3.70. The van der Waals surface area contributed by atoms with E-state index in [9.17, 15) is 0 Å². The smallest absolute Gasteiger partial charge is 0.00619 e. The summed E-state index contributed by atoms with van der Waals surface area (Å²) in [6, 6.07) is 0.759. The minimum Gasteiger partial charge on any atom is -0.314 e. The van der Waals surface area contributed by atoms with Gasteiger partial charge in [-0.1, -0.05) is 33.6 Å². The molecule has 0 heterocycles. The number of rotatable bonds is 5. The molecule has 0 atom stereocenters. The molecular weight excluding hydrogens is 170 g/mol. The Labute approximate surface area is 89.7 Å². The molecule has 0 aromatic carbocycles. The van der Waals surface area contributed by atoms with Crippen molar-refractivity contribution < 1.29 is 0 Å².